The summed E-state index contributed by atoms with van der Waals surface area (Å²) in [5, 5.41) is 0. The molecule has 1 rings (SSSR count). The summed E-state index contributed by atoms with van der Waals surface area (Å²) in [6.07, 6.45) is 0.945. The van der Waals surface area contributed by atoms with Crippen molar-refractivity contribution in [2.45, 2.75) is 6.42 Å². The zero-order valence-electron chi connectivity index (χ0n) is 7.30. The lowest BCUT2D eigenvalue weighted by Gasteiger charge is -2.03. The van der Waals surface area contributed by atoms with E-state index in [0.717, 1.165) is 10.8 Å². The van der Waals surface area contributed by atoms with Crippen molar-refractivity contribution in [2.24, 2.45) is 0 Å². The van der Waals surface area contributed by atoms with Crippen molar-refractivity contribution in [2.75, 3.05) is 5.88 Å². The molecule has 74 valence electrons. The van der Waals surface area contributed by atoms with Crippen molar-refractivity contribution >= 4 is 39.6 Å². The van der Waals surface area contributed by atoms with Crippen molar-refractivity contribution in [1.82, 2.24) is 0 Å². The molecule has 0 unspecified atom stereocenters. The Morgan fingerprint density at radius 2 is 2.21 bits per heavy atom. The second kappa shape index (κ2) is 5.27. The van der Waals surface area contributed by atoms with Gasteiger partial charge in [0.05, 0.1) is 5.88 Å². The third-order valence-corrected chi connectivity index (χ3v) is 2.56. The minimum atomic E-state index is -0.0899. The standard InChI is InChI=1S/C10H8BrClO2/c11-9-2-1-7(6-13)8(3-9)4-10(14)5-12/h1-3,6H,4-5H2. The van der Waals surface area contributed by atoms with Gasteiger partial charge in [0.1, 0.15) is 6.29 Å². The van der Waals surface area contributed by atoms with Crippen LogP contribution in [0, 0.1) is 0 Å². The largest absolute Gasteiger partial charge is 0.298 e. The number of rotatable bonds is 4. The molecule has 0 aliphatic heterocycles. The second-order valence-corrected chi connectivity index (χ2v) is 3.99. The van der Waals surface area contributed by atoms with Crippen LogP contribution < -0.4 is 0 Å². The summed E-state index contributed by atoms with van der Waals surface area (Å²) >= 11 is 8.66. The van der Waals surface area contributed by atoms with Crippen LogP contribution in [0.2, 0.25) is 0 Å². The zero-order valence-corrected chi connectivity index (χ0v) is 9.64. The van der Waals surface area contributed by atoms with E-state index in [2.05, 4.69) is 15.9 Å². The summed E-state index contributed by atoms with van der Waals surface area (Å²) in [6, 6.07) is 5.19. The van der Waals surface area contributed by atoms with E-state index in [1.807, 2.05) is 0 Å². The van der Waals surface area contributed by atoms with Crippen molar-refractivity contribution in [3.8, 4) is 0 Å². The van der Waals surface area contributed by atoms with Crippen LogP contribution in [-0.2, 0) is 11.2 Å². The number of alkyl halides is 1. The van der Waals surface area contributed by atoms with Crippen LogP contribution in [0.1, 0.15) is 15.9 Å². The van der Waals surface area contributed by atoms with E-state index >= 15 is 0 Å². The molecule has 0 heterocycles. The van der Waals surface area contributed by atoms with E-state index in [1.54, 1.807) is 18.2 Å². The number of carbonyl (C=O) groups excluding carboxylic acids is 2. The first-order valence-corrected chi connectivity index (χ1v) is 5.31. The molecule has 14 heavy (non-hydrogen) atoms. The number of hydrogen-bond acceptors (Lipinski definition) is 2. The van der Waals surface area contributed by atoms with Gasteiger partial charge in [0, 0.05) is 16.5 Å². The first-order chi connectivity index (χ1) is 6.67. The van der Waals surface area contributed by atoms with Crippen LogP contribution in [0.25, 0.3) is 0 Å². The molecule has 0 spiro atoms. The summed E-state index contributed by atoms with van der Waals surface area (Å²) in [6.45, 7) is 0. The normalized spacial score (nSPS) is 9.86. The Hall–Kier alpha value is -0.670. The Morgan fingerprint density at radius 1 is 1.50 bits per heavy atom. The minimum absolute atomic E-state index is 0.0230. The highest BCUT2D eigenvalue weighted by molar-refractivity contribution is 9.10. The first-order valence-electron chi connectivity index (χ1n) is 3.98. The van der Waals surface area contributed by atoms with Gasteiger partial charge in [-0.15, -0.1) is 11.6 Å². The Labute approximate surface area is 95.4 Å². The molecule has 0 saturated heterocycles. The number of hydrogen-bond donors (Lipinski definition) is 0. The molecule has 0 saturated carbocycles. The first kappa shape index (κ1) is 11.4. The molecule has 0 fully saturated rings. The van der Waals surface area contributed by atoms with Gasteiger partial charge in [-0.3, -0.25) is 9.59 Å². The summed E-state index contributed by atoms with van der Waals surface area (Å²) in [5.74, 6) is -0.113. The van der Waals surface area contributed by atoms with Gasteiger partial charge in [-0.05, 0) is 17.7 Å². The van der Waals surface area contributed by atoms with Crippen molar-refractivity contribution in [3.63, 3.8) is 0 Å². The predicted octanol–water partition coefficient (Wildman–Crippen LogP) is 2.61. The molecule has 1 aromatic rings. The number of aldehydes is 1. The number of ketones is 1. The van der Waals surface area contributed by atoms with Crippen LogP contribution in [0.4, 0.5) is 0 Å². The number of benzene rings is 1. The Bertz CT molecular complexity index is 363. The molecule has 0 bridgehead atoms. The fourth-order valence-corrected chi connectivity index (χ4v) is 1.61. The summed E-state index contributed by atoms with van der Waals surface area (Å²) in [4.78, 5) is 21.7. The Morgan fingerprint density at radius 3 is 2.79 bits per heavy atom. The molecular formula is C10H8BrClO2. The van der Waals surface area contributed by atoms with Gasteiger partial charge in [0.15, 0.2) is 5.78 Å². The van der Waals surface area contributed by atoms with E-state index in [1.165, 1.54) is 0 Å². The molecule has 0 amide bonds. The topological polar surface area (TPSA) is 34.1 Å². The molecule has 4 heteroatoms. The summed E-state index contributed by atoms with van der Waals surface area (Å²) in [5.41, 5.74) is 1.24. The van der Waals surface area contributed by atoms with E-state index in [4.69, 9.17) is 11.6 Å². The lowest BCUT2D eigenvalue weighted by molar-refractivity contribution is -0.116. The molecule has 0 aromatic heterocycles. The van der Waals surface area contributed by atoms with Gasteiger partial charge in [-0.25, -0.2) is 0 Å². The van der Waals surface area contributed by atoms with Crippen molar-refractivity contribution < 1.29 is 9.59 Å². The number of Topliss-reactive ketones (excluding diaryl/α,β-unsaturated/α-hetero) is 1. The average Bonchev–Trinajstić information content (AvgIpc) is 2.18. The van der Waals surface area contributed by atoms with Crippen LogP contribution in [0.15, 0.2) is 22.7 Å². The van der Waals surface area contributed by atoms with E-state index in [0.29, 0.717) is 11.1 Å². The molecule has 2 nitrogen and oxygen atoms in total. The van der Waals surface area contributed by atoms with Gasteiger partial charge in [0.25, 0.3) is 0 Å². The summed E-state index contributed by atoms with van der Waals surface area (Å²) in [7, 11) is 0. The van der Waals surface area contributed by atoms with Crippen LogP contribution in [-0.4, -0.2) is 17.9 Å². The maximum atomic E-state index is 11.1. The van der Waals surface area contributed by atoms with Gasteiger partial charge in [-0.2, -0.15) is 0 Å². The molecule has 1 aromatic carbocycles. The smallest absolute Gasteiger partial charge is 0.151 e. The van der Waals surface area contributed by atoms with Crippen molar-refractivity contribution in [3.05, 3.63) is 33.8 Å². The number of halogens is 2. The maximum Gasteiger partial charge on any atom is 0.151 e. The molecule has 0 radical (unpaired) electrons. The minimum Gasteiger partial charge on any atom is -0.298 e. The Balaban J connectivity index is 2.98. The molecular weight excluding hydrogens is 267 g/mol. The quantitative estimate of drug-likeness (QED) is 0.625. The lowest BCUT2D eigenvalue weighted by Crippen LogP contribution is -2.06. The van der Waals surface area contributed by atoms with Crippen LogP contribution in [0.5, 0.6) is 0 Å². The monoisotopic (exact) mass is 274 g/mol. The van der Waals surface area contributed by atoms with E-state index < -0.39 is 0 Å². The van der Waals surface area contributed by atoms with Gasteiger partial charge < -0.3 is 0 Å². The molecule has 0 aliphatic rings. The Kier molecular flexibility index (Phi) is 4.29. The number of carbonyl (C=O) groups is 2. The van der Waals surface area contributed by atoms with E-state index in [-0.39, 0.29) is 18.1 Å². The molecule has 0 atom stereocenters. The zero-order chi connectivity index (χ0) is 10.6. The lowest BCUT2D eigenvalue weighted by atomic mass is 10.0. The highest BCUT2D eigenvalue weighted by atomic mass is 79.9. The fourth-order valence-electron chi connectivity index (χ4n) is 1.10. The molecule has 0 N–H and O–H groups in total. The molecule has 0 aliphatic carbocycles. The highest BCUT2D eigenvalue weighted by Crippen LogP contribution is 2.16. The van der Waals surface area contributed by atoms with Gasteiger partial charge in [0.2, 0.25) is 0 Å². The fraction of sp³-hybridized carbons (Fsp3) is 0.200. The predicted molar refractivity (Wildman–Crippen MR) is 59.0 cm³/mol. The van der Waals surface area contributed by atoms with E-state index in [9.17, 15) is 9.59 Å². The van der Waals surface area contributed by atoms with Gasteiger partial charge in [-0.1, -0.05) is 22.0 Å². The van der Waals surface area contributed by atoms with Crippen LogP contribution in [0.3, 0.4) is 0 Å². The third kappa shape index (κ3) is 2.93. The van der Waals surface area contributed by atoms with Gasteiger partial charge >= 0.3 is 0 Å². The van der Waals surface area contributed by atoms with Crippen LogP contribution >= 0.6 is 27.5 Å². The SMILES string of the molecule is O=Cc1ccc(Br)cc1CC(=O)CCl. The highest BCUT2D eigenvalue weighted by Gasteiger charge is 2.07. The third-order valence-electron chi connectivity index (χ3n) is 1.77. The summed E-state index contributed by atoms with van der Waals surface area (Å²) < 4.78 is 0.848. The van der Waals surface area contributed by atoms with Crippen molar-refractivity contribution in [1.29, 1.82) is 0 Å². The second-order valence-electron chi connectivity index (χ2n) is 2.81. The average molecular weight is 276 g/mol. The maximum absolute atomic E-state index is 11.1.